The SMILES string of the molecule is CCCCCCC(C)(CCCCC)N1CCCC(S(N)(=O)=O)CC1. The molecule has 24 heavy (non-hydrogen) atoms. The maximum atomic E-state index is 11.7. The van der Waals surface area contributed by atoms with E-state index in [-0.39, 0.29) is 10.8 Å². The Balaban J connectivity index is 2.69. The summed E-state index contributed by atoms with van der Waals surface area (Å²) >= 11 is 0. The van der Waals surface area contributed by atoms with E-state index < -0.39 is 10.0 Å². The van der Waals surface area contributed by atoms with Gasteiger partial charge in [0.15, 0.2) is 0 Å². The summed E-state index contributed by atoms with van der Waals surface area (Å²) in [6, 6.07) is 0. The second-order valence-corrected chi connectivity index (χ2v) is 9.74. The molecule has 0 radical (unpaired) electrons. The fraction of sp³-hybridized carbons (Fsp3) is 1.00. The average molecular weight is 361 g/mol. The molecule has 0 aromatic heterocycles. The van der Waals surface area contributed by atoms with Crippen molar-refractivity contribution in [3.8, 4) is 0 Å². The Labute approximate surface area is 150 Å². The van der Waals surface area contributed by atoms with Crippen molar-refractivity contribution in [1.29, 1.82) is 0 Å². The monoisotopic (exact) mass is 360 g/mol. The number of primary sulfonamides is 1. The van der Waals surface area contributed by atoms with Crippen molar-refractivity contribution in [3.05, 3.63) is 0 Å². The molecule has 4 nitrogen and oxygen atoms in total. The normalized spacial score (nSPS) is 22.9. The number of unbranched alkanes of at least 4 members (excludes halogenated alkanes) is 5. The van der Waals surface area contributed by atoms with E-state index in [0.717, 1.165) is 25.9 Å². The molecule has 0 spiro atoms. The Morgan fingerprint density at radius 1 is 0.958 bits per heavy atom. The molecule has 0 aromatic rings. The molecule has 1 saturated heterocycles. The molecule has 2 N–H and O–H groups in total. The summed E-state index contributed by atoms with van der Waals surface area (Å²) in [5.74, 6) is 0. The maximum Gasteiger partial charge on any atom is 0.212 e. The zero-order valence-electron chi connectivity index (χ0n) is 16.2. The van der Waals surface area contributed by atoms with Crippen molar-refractivity contribution in [1.82, 2.24) is 4.90 Å². The quantitative estimate of drug-likeness (QED) is 0.554. The van der Waals surface area contributed by atoms with E-state index in [4.69, 9.17) is 5.14 Å². The third-order valence-electron chi connectivity index (χ3n) is 5.79. The van der Waals surface area contributed by atoms with Crippen LogP contribution in [0.3, 0.4) is 0 Å². The lowest BCUT2D eigenvalue weighted by Gasteiger charge is -2.42. The number of hydrogen-bond donors (Lipinski definition) is 1. The minimum atomic E-state index is -3.39. The van der Waals surface area contributed by atoms with Gasteiger partial charge in [0.05, 0.1) is 5.25 Å². The molecule has 1 aliphatic heterocycles. The van der Waals surface area contributed by atoms with E-state index in [1.54, 1.807) is 0 Å². The first kappa shape index (κ1) is 21.9. The first-order valence-electron chi connectivity index (χ1n) is 10.1. The lowest BCUT2D eigenvalue weighted by atomic mass is 9.86. The Kier molecular flexibility index (Phi) is 9.83. The zero-order chi connectivity index (χ0) is 18.1. The fourth-order valence-corrected chi connectivity index (χ4v) is 4.99. The zero-order valence-corrected chi connectivity index (χ0v) is 17.0. The predicted molar refractivity (Wildman–Crippen MR) is 104 cm³/mol. The summed E-state index contributed by atoms with van der Waals surface area (Å²) in [5.41, 5.74) is 0.218. The maximum absolute atomic E-state index is 11.7. The molecule has 1 rings (SSSR count). The van der Waals surface area contributed by atoms with E-state index >= 15 is 0 Å². The number of sulfonamides is 1. The molecule has 0 amide bonds. The van der Waals surface area contributed by atoms with Crippen LogP contribution in [-0.2, 0) is 10.0 Å². The van der Waals surface area contributed by atoms with Gasteiger partial charge < -0.3 is 0 Å². The van der Waals surface area contributed by atoms with Crippen LogP contribution < -0.4 is 5.14 Å². The summed E-state index contributed by atoms with van der Waals surface area (Å²) in [6.07, 6.45) is 13.8. The molecule has 0 aliphatic carbocycles. The number of nitrogens with two attached hydrogens (primary N) is 1. The van der Waals surface area contributed by atoms with Crippen LogP contribution in [0.5, 0.6) is 0 Å². The minimum Gasteiger partial charge on any atom is -0.298 e. The lowest BCUT2D eigenvalue weighted by molar-refractivity contribution is 0.0838. The number of hydrogen-bond acceptors (Lipinski definition) is 3. The van der Waals surface area contributed by atoms with Crippen LogP contribution in [0.1, 0.15) is 97.8 Å². The summed E-state index contributed by atoms with van der Waals surface area (Å²) < 4.78 is 23.4. The molecule has 2 atom stereocenters. The highest BCUT2D eigenvalue weighted by molar-refractivity contribution is 7.89. The molecule has 0 saturated carbocycles. The second-order valence-electron chi connectivity index (χ2n) is 7.89. The Bertz CT molecular complexity index is 439. The highest BCUT2D eigenvalue weighted by atomic mass is 32.2. The molecule has 1 fully saturated rings. The summed E-state index contributed by atoms with van der Waals surface area (Å²) in [5, 5.41) is 5.05. The number of nitrogens with zero attached hydrogens (tertiary/aromatic N) is 1. The molecule has 0 aromatic carbocycles. The van der Waals surface area contributed by atoms with Gasteiger partial charge in [-0.15, -0.1) is 0 Å². The van der Waals surface area contributed by atoms with Crippen LogP contribution in [0.2, 0.25) is 0 Å². The Morgan fingerprint density at radius 2 is 1.54 bits per heavy atom. The van der Waals surface area contributed by atoms with Gasteiger partial charge >= 0.3 is 0 Å². The highest BCUT2D eigenvalue weighted by Gasteiger charge is 2.34. The van der Waals surface area contributed by atoms with Crippen LogP contribution in [0, 0.1) is 0 Å². The van der Waals surface area contributed by atoms with Crippen LogP contribution >= 0.6 is 0 Å². The van der Waals surface area contributed by atoms with E-state index in [2.05, 4.69) is 25.7 Å². The van der Waals surface area contributed by atoms with E-state index in [1.165, 1.54) is 57.8 Å². The van der Waals surface area contributed by atoms with Gasteiger partial charge in [-0.3, -0.25) is 4.90 Å². The van der Waals surface area contributed by atoms with Gasteiger partial charge in [-0.05, 0) is 52.1 Å². The molecule has 2 unspecified atom stereocenters. The van der Waals surface area contributed by atoms with E-state index in [0.29, 0.717) is 6.42 Å². The Morgan fingerprint density at radius 3 is 2.12 bits per heavy atom. The molecule has 5 heteroatoms. The number of rotatable bonds is 11. The summed E-state index contributed by atoms with van der Waals surface area (Å²) in [6.45, 7) is 8.80. The van der Waals surface area contributed by atoms with Gasteiger partial charge in [-0.2, -0.15) is 0 Å². The lowest BCUT2D eigenvalue weighted by Crippen LogP contribution is -2.47. The highest BCUT2D eigenvalue weighted by Crippen LogP contribution is 2.32. The van der Waals surface area contributed by atoms with Crippen molar-refractivity contribution < 1.29 is 8.42 Å². The first-order valence-corrected chi connectivity index (χ1v) is 11.7. The van der Waals surface area contributed by atoms with Gasteiger partial charge in [-0.25, -0.2) is 13.6 Å². The topological polar surface area (TPSA) is 63.4 Å². The minimum absolute atomic E-state index is 0.218. The van der Waals surface area contributed by atoms with E-state index in [9.17, 15) is 8.42 Å². The van der Waals surface area contributed by atoms with Crippen LogP contribution in [0.15, 0.2) is 0 Å². The van der Waals surface area contributed by atoms with Gasteiger partial charge in [0.1, 0.15) is 0 Å². The van der Waals surface area contributed by atoms with Crippen LogP contribution in [0.4, 0.5) is 0 Å². The standard InChI is InChI=1S/C19H40N2O2S/c1-4-6-8-10-15-19(3,14-9-7-5-2)21-16-11-12-18(13-17-21)24(20,22)23/h18H,4-17H2,1-3H3,(H2,20,22,23). The second kappa shape index (κ2) is 10.8. The summed E-state index contributed by atoms with van der Waals surface area (Å²) in [4.78, 5) is 2.58. The predicted octanol–water partition coefficient (Wildman–Crippen LogP) is 4.44. The Hall–Kier alpha value is -0.130. The molecule has 144 valence electrons. The van der Waals surface area contributed by atoms with Crippen molar-refractivity contribution in [2.45, 2.75) is 109 Å². The average Bonchev–Trinajstić information content (AvgIpc) is 2.78. The van der Waals surface area contributed by atoms with Crippen molar-refractivity contribution in [2.75, 3.05) is 13.1 Å². The fourth-order valence-electron chi connectivity index (χ4n) is 4.06. The third-order valence-corrected chi connectivity index (χ3v) is 7.19. The van der Waals surface area contributed by atoms with E-state index in [1.807, 2.05) is 0 Å². The van der Waals surface area contributed by atoms with Gasteiger partial charge in [0, 0.05) is 5.54 Å². The van der Waals surface area contributed by atoms with Gasteiger partial charge in [0.2, 0.25) is 10.0 Å². The first-order chi connectivity index (χ1) is 11.3. The third kappa shape index (κ3) is 7.40. The van der Waals surface area contributed by atoms with Crippen molar-refractivity contribution in [3.63, 3.8) is 0 Å². The number of likely N-dealkylation sites (tertiary alicyclic amines) is 1. The van der Waals surface area contributed by atoms with Crippen molar-refractivity contribution in [2.24, 2.45) is 5.14 Å². The smallest absolute Gasteiger partial charge is 0.212 e. The van der Waals surface area contributed by atoms with Crippen LogP contribution in [0.25, 0.3) is 0 Å². The van der Waals surface area contributed by atoms with Gasteiger partial charge in [-0.1, -0.05) is 58.8 Å². The van der Waals surface area contributed by atoms with Crippen LogP contribution in [-0.4, -0.2) is 37.2 Å². The molecule has 1 heterocycles. The molecule has 1 aliphatic rings. The largest absolute Gasteiger partial charge is 0.298 e. The molecule has 0 bridgehead atoms. The molecular weight excluding hydrogens is 320 g/mol. The van der Waals surface area contributed by atoms with Gasteiger partial charge in [0.25, 0.3) is 0 Å². The summed E-state index contributed by atoms with van der Waals surface area (Å²) in [7, 11) is -3.39. The molecular formula is C19H40N2O2S. The van der Waals surface area contributed by atoms with Crippen molar-refractivity contribution >= 4 is 10.0 Å².